The van der Waals surface area contributed by atoms with E-state index in [4.69, 9.17) is 0 Å². The van der Waals surface area contributed by atoms with E-state index < -0.39 is 0 Å². The fourth-order valence-corrected chi connectivity index (χ4v) is 2.28. The summed E-state index contributed by atoms with van der Waals surface area (Å²) in [6, 6.07) is 0. The molecule has 7 heteroatoms. The Morgan fingerprint density at radius 1 is 1.56 bits per heavy atom. The Bertz CT molecular complexity index is 519. The van der Waals surface area contributed by atoms with Gasteiger partial charge in [-0.05, 0) is 31.9 Å². The number of nitrogens with one attached hydrogen (secondary N) is 2. The molecule has 1 radical (unpaired) electrons. The largest absolute Gasteiger partial charge is 0.375 e. The van der Waals surface area contributed by atoms with E-state index in [2.05, 4.69) is 44.6 Å². The molecule has 0 aromatic carbocycles. The van der Waals surface area contributed by atoms with Crippen molar-refractivity contribution >= 4 is 24.1 Å². The van der Waals surface area contributed by atoms with Crippen LogP contribution >= 0.6 is 0 Å². The summed E-state index contributed by atoms with van der Waals surface area (Å²) in [6.45, 7) is 4.44. The van der Waals surface area contributed by atoms with Gasteiger partial charge in [0.15, 0.2) is 12.9 Å². The van der Waals surface area contributed by atoms with E-state index in [1.54, 1.807) is 12.5 Å². The van der Waals surface area contributed by atoms with Crippen molar-refractivity contribution in [2.75, 3.05) is 24.9 Å². The van der Waals surface area contributed by atoms with Crippen LogP contribution in [0.1, 0.15) is 13.3 Å². The molecule has 1 saturated heterocycles. The lowest BCUT2D eigenvalue weighted by atomic mass is 9.65. The van der Waals surface area contributed by atoms with Crippen LogP contribution in [0.25, 0.3) is 11.0 Å². The normalized spacial score (nSPS) is 20.8. The summed E-state index contributed by atoms with van der Waals surface area (Å²) >= 11 is 0. The Balaban J connectivity index is 1.71. The van der Waals surface area contributed by atoms with Crippen LogP contribution in [-0.2, 0) is 0 Å². The Hall–Kier alpha value is -1.63. The summed E-state index contributed by atoms with van der Waals surface area (Å²) in [5, 5.41) is 11.3. The second-order valence-electron chi connectivity index (χ2n) is 4.52. The van der Waals surface area contributed by atoms with Crippen molar-refractivity contribution in [1.82, 2.24) is 25.1 Å². The molecule has 1 aliphatic heterocycles. The van der Waals surface area contributed by atoms with Crippen molar-refractivity contribution < 1.29 is 0 Å². The molecule has 1 aliphatic rings. The Morgan fingerprint density at radius 3 is 3.28 bits per heavy atom. The maximum atomic E-state index is 4.30. The van der Waals surface area contributed by atoms with Crippen LogP contribution in [0, 0.1) is 0 Å². The van der Waals surface area contributed by atoms with Crippen LogP contribution in [0.5, 0.6) is 0 Å². The van der Waals surface area contributed by atoms with E-state index in [-0.39, 0.29) is 0 Å². The topological polar surface area (TPSA) is 69.7 Å². The first-order chi connectivity index (χ1) is 8.86. The molecule has 0 amide bonds. The lowest BCUT2D eigenvalue weighted by Gasteiger charge is -2.31. The van der Waals surface area contributed by atoms with Crippen molar-refractivity contribution in [3.05, 3.63) is 12.5 Å². The molecule has 93 valence electrons. The van der Waals surface area contributed by atoms with Crippen molar-refractivity contribution in [1.29, 1.82) is 0 Å². The number of fused-ring (bicyclic) bond motifs is 1. The molecule has 18 heavy (non-hydrogen) atoms. The molecule has 2 aromatic rings. The van der Waals surface area contributed by atoms with E-state index >= 15 is 0 Å². The number of aromatic amines is 1. The van der Waals surface area contributed by atoms with Gasteiger partial charge in [-0.25, -0.2) is 9.97 Å². The molecule has 2 aromatic heterocycles. The minimum absolute atomic E-state index is 0.376. The van der Waals surface area contributed by atoms with E-state index in [0.717, 1.165) is 42.8 Å². The number of aromatic nitrogens is 4. The number of hydrogen-bond donors (Lipinski definition) is 2. The first kappa shape index (κ1) is 11.5. The van der Waals surface area contributed by atoms with Crippen molar-refractivity contribution in [2.45, 2.75) is 19.3 Å². The smallest absolute Gasteiger partial charge is 0.160 e. The van der Waals surface area contributed by atoms with Gasteiger partial charge in [0.1, 0.15) is 12.1 Å². The highest BCUT2D eigenvalue weighted by molar-refractivity contribution is 6.39. The molecule has 0 bridgehead atoms. The standard InChI is InChI=1S/C11H16BN6/c1-2-18-4-3-9(12-6-18)16-10-8-5-15-17-11(8)14-7-13-10/h5,7,9H,2-4,6H2,1H3,(H2,13,14,15,16,17). The lowest BCUT2D eigenvalue weighted by Crippen LogP contribution is -2.45. The van der Waals surface area contributed by atoms with Crippen molar-refractivity contribution in [3.63, 3.8) is 0 Å². The molecule has 1 fully saturated rings. The molecule has 1 atom stereocenters. The highest BCUT2D eigenvalue weighted by Crippen LogP contribution is 2.18. The maximum Gasteiger partial charge on any atom is 0.160 e. The molecular formula is C11H16BN6. The molecule has 2 N–H and O–H groups in total. The van der Waals surface area contributed by atoms with Crippen LogP contribution in [-0.4, -0.2) is 57.8 Å². The third kappa shape index (κ3) is 2.18. The average molecular weight is 243 g/mol. The fourth-order valence-electron chi connectivity index (χ4n) is 2.28. The van der Waals surface area contributed by atoms with Gasteiger partial charge in [0.2, 0.25) is 0 Å². The molecular weight excluding hydrogens is 227 g/mol. The Kier molecular flexibility index (Phi) is 3.14. The van der Waals surface area contributed by atoms with Gasteiger partial charge >= 0.3 is 0 Å². The molecule has 6 nitrogen and oxygen atoms in total. The van der Waals surface area contributed by atoms with E-state index in [9.17, 15) is 0 Å². The second-order valence-corrected chi connectivity index (χ2v) is 4.52. The lowest BCUT2D eigenvalue weighted by molar-refractivity contribution is 0.312. The molecule has 0 saturated carbocycles. The van der Waals surface area contributed by atoms with Gasteiger partial charge in [-0.15, -0.1) is 0 Å². The zero-order valence-electron chi connectivity index (χ0n) is 10.4. The van der Waals surface area contributed by atoms with Gasteiger partial charge in [-0.3, -0.25) is 5.10 Å². The van der Waals surface area contributed by atoms with Gasteiger partial charge in [0, 0.05) is 0 Å². The third-order valence-corrected chi connectivity index (χ3v) is 3.42. The molecule has 1 unspecified atom stereocenters. The maximum absolute atomic E-state index is 4.30. The number of rotatable bonds is 3. The number of anilines is 1. The van der Waals surface area contributed by atoms with Gasteiger partial charge in [0.25, 0.3) is 0 Å². The van der Waals surface area contributed by atoms with E-state index in [1.165, 1.54) is 0 Å². The highest BCUT2D eigenvalue weighted by Gasteiger charge is 2.20. The first-order valence-corrected chi connectivity index (χ1v) is 6.33. The zero-order valence-corrected chi connectivity index (χ0v) is 10.4. The highest BCUT2D eigenvalue weighted by atomic mass is 15.2. The van der Waals surface area contributed by atoms with Crippen LogP contribution in [0.15, 0.2) is 12.5 Å². The molecule has 0 spiro atoms. The van der Waals surface area contributed by atoms with Crippen LogP contribution in [0.3, 0.4) is 0 Å². The predicted octanol–water partition coefficient (Wildman–Crippen LogP) is 0.478. The third-order valence-electron chi connectivity index (χ3n) is 3.42. The predicted molar refractivity (Wildman–Crippen MR) is 71.6 cm³/mol. The number of hydrogen-bond acceptors (Lipinski definition) is 5. The Morgan fingerprint density at radius 2 is 2.50 bits per heavy atom. The minimum atomic E-state index is 0.376. The molecule has 0 aliphatic carbocycles. The molecule has 3 rings (SSSR count). The minimum Gasteiger partial charge on any atom is -0.375 e. The van der Waals surface area contributed by atoms with Crippen molar-refractivity contribution in [3.8, 4) is 0 Å². The van der Waals surface area contributed by atoms with E-state index in [0.29, 0.717) is 5.94 Å². The summed E-state index contributed by atoms with van der Waals surface area (Å²) in [5.74, 6) is 1.24. The van der Waals surface area contributed by atoms with Crippen LogP contribution in [0.2, 0.25) is 0 Å². The van der Waals surface area contributed by atoms with Gasteiger partial charge in [-0.2, -0.15) is 5.10 Å². The van der Waals surface area contributed by atoms with Gasteiger partial charge in [0.05, 0.1) is 11.6 Å². The number of H-pyrrole nitrogens is 1. The quantitative estimate of drug-likeness (QED) is 0.767. The summed E-state index contributed by atoms with van der Waals surface area (Å²) < 4.78 is 0. The summed E-state index contributed by atoms with van der Waals surface area (Å²) in [4.78, 5) is 10.9. The summed E-state index contributed by atoms with van der Waals surface area (Å²) in [5.41, 5.74) is 0.776. The van der Waals surface area contributed by atoms with Crippen LogP contribution < -0.4 is 5.32 Å². The average Bonchev–Trinajstić information content (AvgIpc) is 2.89. The fraction of sp³-hybridized carbons (Fsp3) is 0.545. The van der Waals surface area contributed by atoms with Crippen molar-refractivity contribution in [2.24, 2.45) is 0 Å². The summed E-state index contributed by atoms with van der Waals surface area (Å²) in [6.07, 6.45) is 5.47. The molecule has 3 heterocycles. The monoisotopic (exact) mass is 243 g/mol. The number of nitrogens with zero attached hydrogens (tertiary/aromatic N) is 4. The van der Waals surface area contributed by atoms with Gasteiger partial charge in [-0.1, -0.05) is 6.92 Å². The Labute approximate surface area is 106 Å². The first-order valence-electron chi connectivity index (χ1n) is 6.33. The second kappa shape index (κ2) is 4.93. The van der Waals surface area contributed by atoms with Gasteiger partial charge < -0.3 is 10.2 Å². The summed E-state index contributed by atoms with van der Waals surface area (Å²) in [7, 11) is 2.31. The van der Waals surface area contributed by atoms with Crippen LogP contribution in [0.4, 0.5) is 5.82 Å². The SMILES string of the molecule is CCN1C[B]C(Nc2ncnc3[nH]ncc23)CC1. The van der Waals surface area contributed by atoms with E-state index in [1.807, 2.05) is 0 Å². The zero-order chi connectivity index (χ0) is 12.4.